The van der Waals surface area contributed by atoms with Crippen molar-refractivity contribution in [2.24, 2.45) is 4.99 Å². The standard InChI is InChI=1S/C25H24FN5O2/c1-16-14-30(15-27-16)22-9-4-17(13-23(22)33-3)12-20-24(32)31-21(10-11-29(2)25(31)28-20)18-5-7-19(26)8-6-18/h4-9,12-15,21H,10-11H2,1-3H3/b20-12-. The maximum atomic E-state index is 13.4. The minimum atomic E-state index is -0.294. The molecule has 33 heavy (non-hydrogen) atoms. The molecule has 1 fully saturated rings. The largest absolute Gasteiger partial charge is 0.495 e. The number of aryl methyl sites for hydroxylation is 1. The lowest BCUT2D eigenvalue weighted by Crippen LogP contribution is -2.49. The highest BCUT2D eigenvalue weighted by molar-refractivity contribution is 6.14. The van der Waals surface area contributed by atoms with E-state index in [2.05, 4.69) is 9.98 Å². The SMILES string of the molecule is COc1cc(/C=C2\N=C3N(C)CCC(c4ccc(F)cc4)N3C2=O)ccc1-n1cnc(C)c1. The molecule has 2 aromatic carbocycles. The van der Waals surface area contributed by atoms with Crippen LogP contribution >= 0.6 is 0 Å². The van der Waals surface area contributed by atoms with Crippen molar-refractivity contribution < 1.29 is 13.9 Å². The fraction of sp³-hybridized carbons (Fsp3) is 0.240. The molecule has 3 aromatic rings. The van der Waals surface area contributed by atoms with Crippen LogP contribution < -0.4 is 4.74 Å². The predicted octanol–water partition coefficient (Wildman–Crippen LogP) is 3.94. The van der Waals surface area contributed by atoms with E-state index < -0.39 is 0 Å². The molecular weight excluding hydrogens is 421 g/mol. The Morgan fingerprint density at radius 2 is 1.97 bits per heavy atom. The molecule has 1 unspecified atom stereocenters. The zero-order valence-electron chi connectivity index (χ0n) is 18.7. The van der Waals surface area contributed by atoms with Gasteiger partial charge < -0.3 is 14.2 Å². The number of hydrogen-bond donors (Lipinski definition) is 0. The molecule has 5 rings (SSSR count). The minimum absolute atomic E-state index is 0.167. The second-order valence-corrected chi connectivity index (χ2v) is 8.25. The fourth-order valence-electron chi connectivity index (χ4n) is 4.32. The predicted molar refractivity (Wildman–Crippen MR) is 123 cm³/mol. The van der Waals surface area contributed by atoms with E-state index in [1.54, 1.807) is 36.5 Å². The highest BCUT2D eigenvalue weighted by Gasteiger charge is 2.41. The summed E-state index contributed by atoms with van der Waals surface area (Å²) >= 11 is 0. The lowest BCUT2D eigenvalue weighted by atomic mass is 10.00. The van der Waals surface area contributed by atoms with E-state index in [1.807, 2.05) is 47.8 Å². The molecule has 168 valence electrons. The van der Waals surface area contributed by atoms with E-state index >= 15 is 0 Å². The third kappa shape index (κ3) is 3.77. The fourth-order valence-corrected chi connectivity index (χ4v) is 4.32. The van der Waals surface area contributed by atoms with Gasteiger partial charge in [-0.15, -0.1) is 0 Å². The Morgan fingerprint density at radius 1 is 1.18 bits per heavy atom. The third-order valence-electron chi connectivity index (χ3n) is 6.02. The van der Waals surface area contributed by atoms with Crippen LogP contribution in [0, 0.1) is 12.7 Å². The van der Waals surface area contributed by atoms with Gasteiger partial charge in [-0.1, -0.05) is 18.2 Å². The molecule has 0 radical (unpaired) electrons. The van der Waals surface area contributed by atoms with Crippen molar-refractivity contribution in [2.75, 3.05) is 20.7 Å². The van der Waals surface area contributed by atoms with Crippen molar-refractivity contribution in [3.8, 4) is 11.4 Å². The van der Waals surface area contributed by atoms with Gasteiger partial charge in [-0.25, -0.2) is 14.4 Å². The highest BCUT2D eigenvalue weighted by atomic mass is 19.1. The normalized spacial score (nSPS) is 19.2. The van der Waals surface area contributed by atoms with Gasteiger partial charge >= 0.3 is 0 Å². The molecule has 0 N–H and O–H groups in total. The van der Waals surface area contributed by atoms with Crippen LogP contribution in [0.15, 0.2) is 65.7 Å². The van der Waals surface area contributed by atoms with Crippen molar-refractivity contribution in [3.05, 3.63) is 83.3 Å². The Labute approximate surface area is 191 Å². The first kappa shape index (κ1) is 20.9. The number of aromatic nitrogens is 2. The summed E-state index contributed by atoms with van der Waals surface area (Å²) in [4.78, 5) is 26.0. The summed E-state index contributed by atoms with van der Waals surface area (Å²) < 4.78 is 20.9. The lowest BCUT2D eigenvalue weighted by molar-refractivity contribution is -0.125. The molecule has 8 heteroatoms. The topological polar surface area (TPSA) is 63.0 Å². The molecule has 7 nitrogen and oxygen atoms in total. The van der Waals surface area contributed by atoms with Crippen molar-refractivity contribution in [2.45, 2.75) is 19.4 Å². The lowest BCUT2D eigenvalue weighted by Gasteiger charge is -2.38. The molecular formula is C25H24FN5O2. The van der Waals surface area contributed by atoms with Crippen LogP contribution in [0.4, 0.5) is 4.39 Å². The number of carbonyl (C=O) groups is 1. The first-order valence-electron chi connectivity index (χ1n) is 10.7. The van der Waals surface area contributed by atoms with Gasteiger partial charge in [0.25, 0.3) is 5.91 Å². The number of imidazole rings is 1. The Kier molecular flexibility index (Phi) is 5.20. The molecule has 1 saturated heterocycles. The van der Waals surface area contributed by atoms with Crippen LogP contribution in [0.25, 0.3) is 11.8 Å². The van der Waals surface area contributed by atoms with Gasteiger partial charge in [0, 0.05) is 19.8 Å². The zero-order valence-corrected chi connectivity index (χ0v) is 18.7. The van der Waals surface area contributed by atoms with Gasteiger partial charge in [-0.05, 0) is 54.8 Å². The number of guanidine groups is 1. The molecule has 1 atom stereocenters. The van der Waals surface area contributed by atoms with E-state index in [0.29, 0.717) is 17.4 Å². The van der Waals surface area contributed by atoms with Crippen molar-refractivity contribution in [3.63, 3.8) is 0 Å². The van der Waals surface area contributed by atoms with Gasteiger partial charge in [0.2, 0.25) is 5.96 Å². The van der Waals surface area contributed by atoms with Crippen LogP contribution in [0.3, 0.4) is 0 Å². The number of halogens is 1. The number of nitrogens with zero attached hydrogens (tertiary/aromatic N) is 5. The molecule has 1 amide bonds. The van der Waals surface area contributed by atoms with E-state index in [-0.39, 0.29) is 17.8 Å². The van der Waals surface area contributed by atoms with E-state index in [4.69, 9.17) is 4.74 Å². The monoisotopic (exact) mass is 445 g/mol. The maximum Gasteiger partial charge on any atom is 0.279 e. The highest BCUT2D eigenvalue weighted by Crippen LogP contribution is 2.35. The molecule has 3 heterocycles. The smallest absolute Gasteiger partial charge is 0.279 e. The Balaban J connectivity index is 1.48. The molecule has 2 aliphatic heterocycles. The Bertz CT molecular complexity index is 1280. The quantitative estimate of drug-likeness (QED) is 0.571. The van der Waals surface area contributed by atoms with Crippen LogP contribution in [0.2, 0.25) is 0 Å². The summed E-state index contributed by atoms with van der Waals surface area (Å²) in [6.45, 7) is 2.68. The van der Waals surface area contributed by atoms with Gasteiger partial charge in [-0.3, -0.25) is 9.69 Å². The molecule has 0 saturated carbocycles. The average molecular weight is 445 g/mol. The maximum absolute atomic E-state index is 13.4. The summed E-state index contributed by atoms with van der Waals surface area (Å²) in [6, 6.07) is 11.9. The number of carbonyl (C=O) groups excluding carboxylic acids is 1. The number of benzene rings is 2. The number of amides is 1. The van der Waals surface area contributed by atoms with E-state index in [0.717, 1.165) is 35.5 Å². The number of rotatable bonds is 4. The summed E-state index contributed by atoms with van der Waals surface area (Å²) in [7, 11) is 3.54. The second-order valence-electron chi connectivity index (χ2n) is 8.25. The number of hydrogen-bond acceptors (Lipinski definition) is 5. The Hall–Kier alpha value is -3.94. The molecule has 0 aliphatic carbocycles. The third-order valence-corrected chi connectivity index (χ3v) is 6.02. The van der Waals surface area contributed by atoms with Crippen LogP contribution in [0.1, 0.15) is 29.3 Å². The number of methoxy groups -OCH3 is 1. The average Bonchev–Trinajstić information content (AvgIpc) is 3.39. The van der Waals surface area contributed by atoms with Crippen molar-refractivity contribution in [1.29, 1.82) is 0 Å². The number of fused-ring (bicyclic) bond motifs is 1. The second kappa shape index (κ2) is 8.20. The summed E-state index contributed by atoms with van der Waals surface area (Å²) in [5.74, 6) is 0.819. The van der Waals surface area contributed by atoms with Crippen molar-refractivity contribution >= 4 is 17.9 Å². The van der Waals surface area contributed by atoms with Gasteiger partial charge in [0.1, 0.15) is 17.3 Å². The summed E-state index contributed by atoms with van der Waals surface area (Å²) in [6.07, 6.45) is 6.18. The number of ether oxygens (including phenoxy) is 1. The molecule has 1 aromatic heterocycles. The van der Waals surface area contributed by atoms with E-state index in [9.17, 15) is 9.18 Å². The summed E-state index contributed by atoms with van der Waals surface area (Å²) in [5.41, 5.74) is 3.83. The first-order valence-corrected chi connectivity index (χ1v) is 10.7. The first-order chi connectivity index (χ1) is 15.9. The van der Waals surface area contributed by atoms with Crippen LogP contribution in [-0.4, -0.2) is 51.9 Å². The molecule has 2 aliphatic rings. The van der Waals surface area contributed by atoms with E-state index in [1.165, 1.54) is 12.1 Å². The van der Waals surface area contributed by atoms with Crippen molar-refractivity contribution in [1.82, 2.24) is 19.4 Å². The number of aliphatic imine (C=N–C) groups is 1. The minimum Gasteiger partial charge on any atom is -0.495 e. The van der Waals surface area contributed by atoms with Gasteiger partial charge in [-0.2, -0.15) is 0 Å². The van der Waals surface area contributed by atoms with Crippen LogP contribution in [-0.2, 0) is 4.79 Å². The molecule has 0 bridgehead atoms. The summed E-state index contributed by atoms with van der Waals surface area (Å²) in [5, 5.41) is 0. The van der Waals surface area contributed by atoms with Gasteiger partial charge in [0.05, 0.1) is 30.9 Å². The zero-order chi connectivity index (χ0) is 23.1. The van der Waals surface area contributed by atoms with Gasteiger partial charge in [0.15, 0.2) is 0 Å². The van der Waals surface area contributed by atoms with Crippen LogP contribution in [0.5, 0.6) is 5.75 Å². The molecule has 0 spiro atoms. The Morgan fingerprint density at radius 3 is 2.67 bits per heavy atom.